The molecule has 0 atom stereocenters. The molecule has 0 spiro atoms. The van der Waals surface area contributed by atoms with Gasteiger partial charge in [0.15, 0.2) is 0 Å². The molecule has 0 aromatic heterocycles. The third kappa shape index (κ3) is 6.40. The van der Waals surface area contributed by atoms with E-state index in [9.17, 15) is 0 Å². The van der Waals surface area contributed by atoms with Gasteiger partial charge in [0.1, 0.15) is 5.75 Å². The summed E-state index contributed by atoms with van der Waals surface area (Å²) in [4.78, 5) is 0. The summed E-state index contributed by atoms with van der Waals surface area (Å²) in [7, 11) is -1.73. The first-order valence-corrected chi connectivity index (χ1v) is 5.28. The van der Waals surface area contributed by atoms with E-state index in [0.29, 0.717) is 5.75 Å². The number of aryl methyl sites for hydroxylation is 1. The average molecular weight is 230 g/mol. The fourth-order valence-electron chi connectivity index (χ4n) is 1.16. The molecule has 2 aromatic carbocycles. The van der Waals surface area contributed by atoms with Gasteiger partial charge in [0, 0.05) is 0 Å². The van der Waals surface area contributed by atoms with E-state index in [2.05, 4.69) is 23.7 Å². The minimum absolute atomic E-state index is 0.442. The minimum Gasteiger partial charge on any atom is -0.512 e. The standard InChI is InChI=1S/C7H8.C6H7BO3/c1-7-5-3-2-4-6-7;8-7(9)10-6-4-2-1-3-5-6/h2-6H,1H3;1-5,8-9H. The quantitative estimate of drug-likeness (QED) is 0.776. The van der Waals surface area contributed by atoms with Crippen LogP contribution in [0.25, 0.3) is 0 Å². The molecule has 0 saturated carbocycles. The molecular formula is C13H15BO3. The molecule has 88 valence electrons. The molecule has 0 aliphatic heterocycles. The van der Waals surface area contributed by atoms with Gasteiger partial charge in [-0.1, -0.05) is 54.1 Å². The van der Waals surface area contributed by atoms with Crippen LogP contribution in [0.3, 0.4) is 0 Å². The van der Waals surface area contributed by atoms with Gasteiger partial charge in [0.05, 0.1) is 0 Å². The van der Waals surface area contributed by atoms with Crippen molar-refractivity contribution in [2.24, 2.45) is 0 Å². The normalized spacial score (nSPS) is 8.88. The molecular weight excluding hydrogens is 215 g/mol. The van der Waals surface area contributed by atoms with Crippen molar-refractivity contribution in [1.29, 1.82) is 0 Å². The molecule has 2 aromatic rings. The van der Waals surface area contributed by atoms with E-state index in [4.69, 9.17) is 10.0 Å². The summed E-state index contributed by atoms with van der Waals surface area (Å²) in [6.07, 6.45) is 0. The Labute approximate surface area is 101 Å². The first-order valence-electron chi connectivity index (χ1n) is 5.28. The molecule has 17 heavy (non-hydrogen) atoms. The van der Waals surface area contributed by atoms with E-state index in [1.165, 1.54) is 5.56 Å². The molecule has 0 fully saturated rings. The number of hydrogen-bond acceptors (Lipinski definition) is 3. The Bertz CT molecular complexity index is 404. The van der Waals surface area contributed by atoms with Crippen LogP contribution in [0, 0.1) is 6.92 Å². The predicted molar refractivity (Wildman–Crippen MR) is 68.4 cm³/mol. The van der Waals surface area contributed by atoms with Crippen molar-refractivity contribution >= 4 is 7.32 Å². The van der Waals surface area contributed by atoms with Crippen LogP contribution >= 0.6 is 0 Å². The van der Waals surface area contributed by atoms with Gasteiger partial charge in [0.25, 0.3) is 0 Å². The highest BCUT2D eigenvalue weighted by molar-refractivity contribution is 6.33. The Hall–Kier alpha value is -1.78. The molecule has 0 aliphatic carbocycles. The second kappa shape index (κ2) is 7.49. The highest BCUT2D eigenvalue weighted by atomic mass is 16.6. The van der Waals surface area contributed by atoms with Crippen molar-refractivity contribution in [2.75, 3.05) is 0 Å². The highest BCUT2D eigenvalue weighted by Gasteiger charge is 2.09. The van der Waals surface area contributed by atoms with Crippen LogP contribution in [0.5, 0.6) is 5.75 Å². The van der Waals surface area contributed by atoms with Crippen LogP contribution in [0.15, 0.2) is 60.7 Å². The topological polar surface area (TPSA) is 49.7 Å². The predicted octanol–water partition coefficient (Wildman–Crippen LogP) is 2.03. The zero-order valence-electron chi connectivity index (χ0n) is 9.65. The van der Waals surface area contributed by atoms with Gasteiger partial charge in [0.2, 0.25) is 0 Å². The van der Waals surface area contributed by atoms with Crippen molar-refractivity contribution in [3.63, 3.8) is 0 Å². The average Bonchev–Trinajstić information content (AvgIpc) is 2.31. The summed E-state index contributed by atoms with van der Waals surface area (Å²) < 4.78 is 4.53. The van der Waals surface area contributed by atoms with E-state index in [-0.39, 0.29) is 0 Å². The van der Waals surface area contributed by atoms with Crippen molar-refractivity contribution in [1.82, 2.24) is 0 Å². The molecule has 0 aliphatic rings. The minimum atomic E-state index is -1.73. The fraction of sp³-hybridized carbons (Fsp3) is 0.0769. The molecule has 0 radical (unpaired) electrons. The second-order valence-corrected chi connectivity index (χ2v) is 3.41. The maximum absolute atomic E-state index is 8.34. The van der Waals surface area contributed by atoms with E-state index in [1.807, 2.05) is 24.3 Å². The molecule has 0 unspecified atom stereocenters. The number of hydrogen-bond donors (Lipinski definition) is 2. The zero-order chi connectivity index (χ0) is 12.5. The highest BCUT2D eigenvalue weighted by Crippen LogP contribution is 2.07. The number of rotatable bonds is 2. The van der Waals surface area contributed by atoms with Crippen molar-refractivity contribution in [2.45, 2.75) is 6.92 Å². The van der Waals surface area contributed by atoms with Gasteiger partial charge in [-0.2, -0.15) is 0 Å². The van der Waals surface area contributed by atoms with Gasteiger partial charge in [-0.3, -0.25) is 0 Å². The van der Waals surface area contributed by atoms with Gasteiger partial charge in [-0.05, 0) is 19.1 Å². The van der Waals surface area contributed by atoms with E-state index in [0.717, 1.165) is 0 Å². The Morgan fingerprint density at radius 2 is 1.29 bits per heavy atom. The van der Waals surface area contributed by atoms with E-state index in [1.54, 1.807) is 24.3 Å². The largest absolute Gasteiger partial charge is 0.707 e. The molecule has 2 rings (SSSR count). The Morgan fingerprint density at radius 3 is 1.65 bits per heavy atom. The van der Waals surface area contributed by atoms with Gasteiger partial charge in [-0.25, -0.2) is 0 Å². The molecule has 0 bridgehead atoms. The first kappa shape index (κ1) is 13.3. The van der Waals surface area contributed by atoms with E-state index < -0.39 is 7.32 Å². The smallest absolute Gasteiger partial charge is 0.512 e. The lowest BCUT2D eigenvalue weighted by Gasteiger charge is -2.01. The maximum atomic E-state index is 8.34. The number of para-hydroxylation sites is 1. The SMILES string of the molecule is Cc1ccccc1.OB(O)Oc1ccccc1. The van der Waals surface area contributed by atoms with Crippen LogP contribution < -0.4 is 4.65 Å². The summed E-state index contributed by atoms with van der Waals surface area (Å²) in [5.41, 5.74) is 1.32. The van der Waals surface area contributed by atoms with E-state index >= 15 is 0 Å². The molecule has 0 heterocycles. The monoisotopic (exact) mass is 230 g/mol. The summed E-state index contributed by atoms with van der Waals surface area (Å²) in [6.45, 7) is 2.08. The molecule has 0 amide bonds. The molecule has 0 saturated heterocycles. The summed E-state index contributed by atoms with van der Waals surface area (Å²) >= 11 is 0. The fourth-order valence-corrected chi connectivity index (χ4v) is 1.16. The van der Waals surface area contributed by atoms with Crippen molar-refractivity contribution in [3.05, 3.63) is 66.2 Å². The van der Waals surface area contributed by atoms with Crippen LogP contribution in [0.2, 0.25) is 0 Å². The summed E-state index contributed by atoms with van der Waals surface area (Å²) in [5.74, 6) is 0.442. The van der Waals surface area contributed by atoms with Crippen LogP contribution in [-0.2, 0) is 0 Å². The third-order valence-corrected chi connectivity index (χ3v) is 1.93. The zero-order valence-corrected chi connectivity index (χ0v) is 9.65. The Morgan fingerprint density at radius 1 is 0.824 bits per heavy atom. The molecule has 3 nitrogen and oxygen atoms in total. The van der Waals surface area contributed by atoms with Crippen LogP contribution in [0.4, 0.5) is 0 Å². The first-order chi connectivity index (χ1) is 8.18. The van der Waals surface area contributed by atoms with Crippen molar-refractivity contribution in [3.8, 4) is 5.75 Å². The lowest BCUT2D eigenvalue weighted by atomic mass is 10.2. The van der Waals surface area contributed by atoms with Gasteiger partial charge < -0.3 is 14.7 Å². The Balaban J connectivity index is 0.000000181. The third-order valence-electron chi connectivity index (χ3n) is 1.93. The lowest BCUT2D eigenvalue weighted by Crippen LogP contribution is -2.20. The molecule has 4 heteroatoms. The van der Waals surface area contributed by atoms with Crippen LogP contribution in [-0.4, -0.2) is 17.4 Å². The number of benzene rings is 2. The Kier molecular flexibility index (Phi) is 5.86. The van der Waals surface area contributed by atoms with Crippen LogP contribution in [0.1, 0.15) is 5.56 Å². The summed E-state index contributed by atoms with van der Waals surface area (Å²) in [6, 6.07) is 18.8. The summed E-state index contributed by atoms with van der Waals surface area (Å²) in [5, 5.41) is 16.7. The second-order valence-electron chi connectivity index (χ2n) is 3.41. The van der Waals surface area contributed by atoms with Crippen molar-refractivity contribution < 1.29 is 14.7 Å². The van der Waals surface area contributed by atoms with Gasteiger partial charge >= 0.3 is 7.32 Å². The van der Waals surface area contributed by atoms with Gasteiger partial charge in [-0.15, -0.1) is 0 Å². The maximum Gasteiger partial charge on any atom is 0.707 e. The molecule has 2 N–H and O–H groups in total. The lowest BCUT2D eigenvalue weighted by molar-refractivity contribution is 0.288.